The molecule has 2 aliphatic rings. The number of H-pyrrole nitrogens is 1. The molecule has 1 amide bonds. The number of hydrogen-bond acceptors (Lipinski definition) is 4. The standard InChI is InChI=1S/C20H26N4O2/c1-23-10-11-24(13-18(23)14-6-5-7-15(12-14)26-2)20(25)19-16-8-3-4-9-17(16)21-22-19/h5-7,12,18H,3-4,8-11,13H2,1-2H3,(H,21,22). The van der Waals surface area contributed by atoms with E-state index in [2.05, 4.69) is 34.3 Å². The molecule has 2 heterocycles. The van der Waals surface area contributed by atoms with Crippen molar-refractivity contribution in [1.82, 2.24) is 20.0 Å². The van der Waals surface area contributed by atoms with Crippen molar-refractivity contribution in [3.63, 3.8) is 0 Å². The number of nitrogens with one attached hydrogen (secondary N) is 1. The maximum absolute atomic E-state index is 13.1. The molecule has 0 radical (unpaired) electrons. The predicted octanol–water partition coefficient (Wildman–Crippen LogP) is 2.43. The number of benzene rings is 1. The van der Waals surface area contributed by atoms with Crippen LogP contribution in [0.1, 0.15) is 46.2 Å². The Kier molecular flexibility index (Phi) is 4.68. The third kappa shape index (κ3) is 3.09. The highest BCUT2D eigenvalue weighted by Crippen LogP contribution is 2.29. The molecule has 26 heavy (non-hydrogen) atoms. The summed E-state index contributed by atoms with van der Waals surface area (Å²) < 4.78 is 5.36. The molecule has 0 spiro atoms. The van der Waals surface area contributed by atoms with Gasteiger partial charge < -0.3 is 9.64 Å². The number of aromatic amines is 1. The highest BCUT2D eigenvalue weighted by molar-refractivity contribution is 5.94. The molecule has 138 valence electrons. The van der Waals surface area contributed by atoms with Crippen molar-refractivity contribution in [1.29, 1.82) is 0 Å². The summed E-state index contributed by atoms with van der Waals surface area (Å²) >= 11 is 0. The fourth-order valence-corrected chi connectivity index (χ4v) is 4.07. The van der Waals surface area contributed by atoms with Crippen molar-refractivity contribution in [2.24, 2.45) is 0 Å². The summed E-state index contributed by atoms with van der Waals surface area (Å²) in [6.45, 7) is 2.25. The van der Waals surface area contributed by atoms with Gasteiger partial charge in [0.05, 0.1) is 13.2 Å². The number of hydrogen-bond donors (Lipinski definition) is 1. The van der Waals surface area contributed by atoms with Crippen LogP contribution in [-0.2, 0) is 12.8 Å². The minimum absolute atomic E-state index is 0.0606. The van der Waals surface area contributed by atoms with Gasteiger partial charge in [0.25, 0.3) is 5.91 Å². The molecular formula is C20H26N4O2. The summed E-state index contributed by atoms with van der Waals surface area (Å²) in [6, 6.07) is 8.29. The topological polar surface area (TPSA) is 61.5 Å². The summed E-state index contributed by atoms with van der Waals surface area (Å²) in [7, 11) is 3.79. The second-order valence-electron chi connectivity index (χ2n) is 7.26. The van der Waals surface area contributed by atoms with Crippen molar-refractivity contribution < 1.29 is 9.53 Å². The van der Waals surface area contributed by atoms with Gasteiger partial charge in [0.2, 0.25) is 0 Å². The van der Waals surface area contributed by atoms with Crippen LogP contribution in [0, 0.1) is 0 Å². The number of amides is 1. The first-order valence-electron chi connectivity index (χ1n) is 9.37. The molecule has 0 bridgehead atoms. The Balaban J connectivity index is 1.56. The summed E-state index contributed by atoms with van der Waals surface area (Å²) in [4.78, 5) is 17.4. The van der Waals surface area contributed by atoms with Crippen LogP contribution >= 0.6 is 0 Å². The Labute approximate surface area is 154 Å². The molecule has 1 N–H and O–H groups in total. The van der Waals surface area contributed by atoms with E-state index in [9.17, 15) is 4.79 Å². The average molecular weight is 354 g/mol. The van der Waals surface area contributed by atoms with Gasteiger partial charge in [0.1, 0.15) is 5.75 Å². The van der Waals surface area contributed by atoms with Gasteiger partial charge in [-0.15, -0.1) is 0 Å². The maximum Gasteiger partial charge on any atom is 0.274 e. The number of ether oxygens (including phenoxy) is 1. The van der Waals surface area contributed by atoms with Gasteiger partial charge in [0, 0.05) is 30.9 Å². The minimum atomic E-state index is 0.0606. The van der Waals surface area contributed by atoms with E-state index in [0.29, 0.717) is 12.2 Å². The molecule has 0 saturated carbocycles. The number of carbonyl (C=O) groups is 1. The van der Waals surface area contributed by atoms with Crippen LogP contribution in [0.5, 0.6) is 5.75 Å². The zero-order valence-electron chi connectivity index (χ0n) is 15.5. The van der Waals surface area contributed by atoms with Gasteiger partial charge in [-0.25, -0.2) is 0 Å². The third-order valence-electron chi connectivity index (χ3n) is 5.67. The van der Waals surface area contributed by atoms with Crippen LogP contribution in [-0.4, -0.2) is 59.7 Å². The Morgan fingerprint density at radius 1 is 1.27 bits per heavy atom. The fourth-order valence-electron chi connectivity index (χ4n) is 4.07. The largest absolute Gasteiger partial charge is 0.497 e. The summed E-state index contributed by atoms with van der Waals surface area (Å²) in [5, 5.41) is 7.46. The molecular weight excluding hydrogens is 328 g/mol. The quantitative estimate of drug-likeness (QED) is 0.920. The summed E-state index contributed by atoms with van der Waals surface area (Å²) in [5.41, 5.74) is 4.10. The molecule has 1 aliphatic carbocycles. The lowest BCUT2D eigenvalue weighted by molar-refractivity contribution is 0.0539. The van der Waals surface area contributed by atoms with Gasteiger partial charge in [-0.05, 0) is 50.4 Å². The predicted molar refractivity (Wildman–Crippen MR) is 99.5 cm³/mol. The lowest BCUT2D eigenvalue weighted by atomic mass is 9.95. The van der Waals surface area contributed by atoms with Crippen molar-refractivity contribution >= 4 is 5.91 Å². The second kappa shape index (κ2) is 7.11. The number of rotatable bonds is 3. The first kappa shape index (κ1) is 17.1. The number of aryl methyl sites for hydroxylation is 1. The Morgan fingerprint density at radius 2 is 2.12 bits per heavy atom. The molecule has 2 aromatic rings. The molecule has 6 heteroatoms. The minimum Gasteiger partial charge on any atom is -0.497 e. The zero-order valence-corrected chi connectivity index (χ0v) is 15.5. The van der Waals surface area contributed by atoms with E-state index in [-0.39, 0.29) is 11.9 Å². The van der Waals surface area contributed by atoms with E-state index < -0.39 is 0 Å². The van der Waals surface area contributed by atoms with Gasteiger partial charge >= 0.3 is 0 Å². The molecule has 1 unspecified atom stereocenters. The smallest absolute Gasteiger partial charge is 0.274 e. The average Bonchev–Trinajstić information content (AvgIpc) is 3.12. The maximum atomic E-state index is 13.1. The van der Waals surface area contributed by atoms with Crippen molar-refractivity contribution in [3.8, 4) is 5.75 Å². The summed E-state index contributed by atoms with van der Waals surface area (Å²) in [5.74, 6) is 0.908. The molecule has 4 rings (SSSR count). The molecule has 1 atom stereocenters. The van der Waals surface area contributed by atoms with Crippen LogP contribution in [0.3, 0.4) is 0 Å². The molecule has 1 aliphatic heterocycles. The number of nitrogens with zero attached hydrogens (tertiary/aromatic N) is 3. The van der Waals surface area contributed by atoms with E-state index in [1.54, 1.807) is 7.11 Å². The molecule has 1 fully saturated rings. The van der Waals surface area contributed by atoms with E-state index in [4.69, 9.17) is 4.74 Å². The van der Waals surface area contributed by atoms with Gasteiger partial charge in [-0.3, -0.25) is 14.8 Å². The molecule has 1 aromatic heterocycles. The van der Waals surface area contributed by atoms with Crippen molar-refractivity contribution in [2.75, 3.05) is 33.8 Å². The number of likely N-dealkylation sites (N-methyl/N-ethyl adjacent to an activating group) is 1. The monoisotopic (exact) mass is 354 g/mol. The summed E-state index contributed by atoms with van der Waals surface area (Å²) in [6.07, 6.45) is 4.28. The van der Waals surface area contributed by atoms with Crippen LogP contribution < -0.4 is 4.74 Å². The van der Waals surface area contributed by atoms with E-state index >= 15 is 0 Å². The number of methoxy groups -OCH3 is 1. The van der Waals surface area contributed by atoms with Crippen LogP contribution in [0.15, 0.2) is 24.3 Å². The number of aromatic nitrogens is 2. The van der Waals surface area contributed by atoms with Gasteiger partial charge in [-0.2, -0.15) is 5.10 Å². The van der Waals surface area contributed by atoms with Crippen LogP contribution in [0.4, 0.5) is 0 Å². The van der Waals surface area contributed by atoms with Crippen LogP contribution in [0.2, 0.25) is 0 Å². The molecule has 1 aromatic carbocycles. The molecule has 1 saturated heterocycles. The Morgan fingerprint density at radius 3 is 2.96 bits per heavy atom. The first-order valence-corrected chi connectivity index (χ1v) is 9.37. The van der Waals surface area contributed by atoms with E-state index in [1.165, 1.54) is 12.0 Å². The zero-order chi connectivity index (χ0) is 18.1. The molecule has 6 nitrogen and oxygen atoms in total. The van der Waals surface area contributed by atoms with E-state index in [0.717, 1.165) is 49.4 Å². The lowest BCUT2D eigenvalue weighted by Gasteiger charge is -2.39. The number of fused-ring (bicyclic) bond motifs is 1. The van der Waals surface area contributed by atoms with Gasteiger partial charge in [0.15, 0.2) is 5.69 Å². The Hall–Kier alpha value is -2.34. The highest BCUT2D eigenvalue weighted by Gasteiger charge is 2.32. The fraction of sp³-hybridized carbons (Fsp3) is 0.500. The SMILES string of the molecule is COc1cccc(C2CN(C(=O)c3n[nH]c4c3CCCC4)CCN2C)c1. The lowest BCUT2D eigenvalue weighted by Crippen LogP contribution is -2.49. The van der Waals surface area contributed by atoms with E-state index in [1.807, 2.05) is 17.0 Å². The van der Waals surface area contributed by atoms with Gasteiger partial charge in [-0.1, -0.05) is 12.1 Å². The number of carbonyl (C=O) groups excluding carboxylic acids is 1. The third-order valence-corrected chi connectivity index (χ3v) is 5.67. The normalized spacial score (nSPS) is 20.7. The Bertz CT molecular complexity index is 801. The first-order chi connectivity index (χ1) is 12.7. The second-order valence-corrected chi connectivity index (χ2v) is 7.26. The van der Waals surface area contributed by atoms with Crippen molar-refractivity contribution in [3.05, 3.63) is 46.8 Å². The highest BCUT2D eigenvalue weighted by atomic mass is 16.5. The van der Waals surface area contributed by atoms with Crippen molar-refractivity contribution in [2.45, 2.75) is 31.7 Å². The van der Waals surface area contributed by atoms with Crippen LogP contribution in [0.25, 0.3) is 0 Å². The number of piperazine rings is 1.